The van der Waals surface area contributed by atoms with Gasteiger partial charge in [0.25, 0.3) is 0 Å². The van der Waals surface area contributed by atoms with Gasteiger partial charge in [-0.05, 0) is 54.5 Å². The molecule has 1 saturated heterocycles. The highest BCUT2D eigenvalue weighted by Crippen LogP contribution is 2.58. The molecule has 0 radical (unpaired) electrons. The summed E-state index contributed by atoms with van der Waals surface area (Å²) in [6, 6.07) is 24.1. The summed E-state index contributed by atoms with van der Waals surface area (Å²) < 4.78 is 5.43. The molecule has 4 unspecified atom stereocenters. The van der Waals surface area contributed by atoms with Crippen LogP contribution in [0.25, 0.3) is 5.57 Å². The van der Waals surface area contributed by atoms with E-state index in [-0.39, 0.29) is 17.5 Å². The number of carbonyl (C=O) groups is 3. The zero-order valence-electron chi connectivity index (χ0n) is 22.6. The number of amides is 1. The van der Waals surface area contributed by atoms with Gasteiger partial charge < -0.3 is 15.0 Å². The number of Topliss-reactive ketones (excluding diaryl/α,β-unsaturated/α-hetero) is 2. The number of anilines is 2. The summed E-state index contributed by atoms with van der Waals surface area (Å²) in [6.45, 7) is 2.01. The molecule has 3 aliphatic rings. The van der Waals surface area contributed by atoms with Crippen molar-refractivity contribution in [1.82, 2.24) is 4.98 Å². The lowest BCUT2D eigenvalue weighted by molar-refractivity contribution is -0.121. The lowest BCUT2D eigenvalue weighted by Crippen LogP contribution is -2.51. The third kappa shape index (κ3) is 3.45. The Kier molecular flexibility index (Phi) is 5.64. The third-order valence-electron chi connectivity index (χ3n) is 8.75. The first-order valence-corrected chi connectivity index (χ1v) is 13.6. The Morgan fingerprint density at radius 1 is 0.902 bits per heavy atom. The monoisotopic (exact) mass is 541 g/mol. The molecule has 1 N–H and O–H groups in total. The SMILES string of the molecule is COc1cccc(C(=O)C2C(C(=O)c3ccncc3)C3(C(=O)Nc4ccccc43)C3C=C(C)c4ccccc4N23)c1. The third-order valence-corrected chi connectivity index (χ3v) is 8.75. The summed E-state index contributed by atoms with van der Waals surface area (Å²) >= 11 is 0. The van der Waals surface area contributed by atoms with Gasteiger partial charge in [0.15, 0.2) is 11.6 Å². The quantitative estimate of drug-likeness (QED) is 0.344. The molecule has 3 aromatic carbocycles. The van der Waals surface area contributed by atoms with Gasteiger partial charge in [0.05, 0.1) is 19.1 Å². The van der Waals surface area contributed by atoms with Crippen LogP contribution >= 0.6 is 0 Å². The molecular weight excluding hydrogens is 514 g/mol. The smallest absolute Gasteiger partial charge is 0.238 e. The van der Waals surface area contributed by atoms with Gasteiger partial charge in [0.1, 0.15) is 17.2 Å². The summed E-state index contributed by atoms with van der Waals surface area (Å²) in [6.07, 6.45) is 5.17. The zero-order chi connectivity index (χ0) is 28.3. The van der Waals surface area contributed by atoms with E-state index in [4.69, 9.17) is 4.74 Å². The number of allylic oxidation sites excluding steroid dienone is 1. The molecule has 7 heteroatoms. The van der Waals surface area contributed by atoms with E-state index in [0.717, 1.165) is 22.4 Å². The first-order valence-electron chi connectivity index (χ1n) is 13.6. The number of hydrogen-bond donors (Lipinski definition) is 1. The molecule has 1 amide bonds. The van der Waals surface area contributed by atoms with Gasteiger partial charge in [0, 0.05) is 40.5 Å². The van der Waals surface area contributed by atoms with Crippen LogP contribution in [0.4, 0.5) is 11.4 Å². The molecule has 4 atom stereocenters. The highest BCUT2D eigenvalue weighted by molar-refractivity contribution is 6.18. The van der Waals surface area contributed by atoms with Gasteiger partial charge in [-0.2, -0.15) is 0 Å². The molecule has 1 fully saturated rings. The zero-order valence-corrected chi connectivity index (χ0v) is 22.6. The fourth-order valence-electron chi connectivity index (χ4n) is 7.03. The largest absolute Gasteiger partial charge is 0.497 e. The number of aromatic nitrogens is 1. The summed E-state index contributed by atoms with van der Waals surface area (Å²) in [5.41, 5.74) is 3.60. The van der Waals surface area contributed by atoms with Gasteiger partial charge in [-0.15, -0.1) is 0 Å². The van der Waals surface area contributed by atoms with Crippen molar-refractivity contribution < 1.29 is 19.1 Å². The van der Waals surface area contributed by atoms with Crippen LogP contribution in [0.3, 0.4) is 0 Å². The second-order valence-electron chi connectivity index (χ2n) is 10.7. The molecule has 4 aromatic rings. The van der Waals surface area contributed by atoms with Crippen LogP contribution in [0.2, 0.25) is 0 Å². The first-order chi connectivity index (χ1) is 20.0. The van der Waals surface area contributed by atoms with Crippen molar-refractivity contribution in [1.29, 1.82) is 0 Å². The van der Waals surface area contributed by atoms with Crippen molar-refractivity contribution in [3.63, 3.8) is 0 Å². The highest BCUT2D eigenvalue weighted by atomic mass is 16.5. The topological polar surface area (TPSA) is 88.6 Å². The maximum absolute atomic E-state index is 14.8. The van der Waals surface area contributed by atoms with Gasteiger partial charge in [-0.3, -0.25) is 19.4 Å². The summed E-state index contributed by atoms with van der Waals surface area (Å²) in [5.74, 6) is -1.31. The number of ketones is 2. The molecule has 1 aromatic heterocycles. The molecule has 1 spiro atoms. The number of rotatable bonds is 5. The fourth-order valence-corrected chi connectivity index (χ4v) is 7.03. The number of nitrogens with one attached hydrogen (secondary N) is 1. The molecule has 202 valence electrons. The van der Waals surface area contributed by atoms with Crippen molar-refractivity contribution >= 4 is 34.4 Å². The molecule has 4 heterocycles. The van der Waals surface area contributed by atoms with Gasteiger partial charge in [-0.25, -0.2) is 0 Å². The fraction of sp³-hybridized carbons (Fsp3) is 0.176. The first kappa shape index (κ1) is 25.0. The molecular formula is C34H27N3O4. The van der Waals surface area contributed by atoms with Crippen LogP contribution in [0.15, 0.2) is 103 Å². The van der Waals surface area contributed by atoms with Crippen molar-refractivity contribution in [3.05, 3.63) is 126 Å². The molecule has 3 aliphatic heterocycles. The Bertz CT molecular complexity index is 1760. The second-order valence-corrected chi connectivity index (χ2v) is 10.7. The van der Waals surface area contributed by atoms with E-state index in [0.29, 0.717) is 22.6 Å². The van der Waals surface area contributed by atoms with Crippen molar-refractivity contribution in [2.75, 3.05) is 17.3 Å². The highest BCUT2D eigenvalue weighted by Gasteiger charge is 2.70. The van der Waals surface area contributed by atoms with Gasteiger partial charge >= 0.3 is 0 Å². The summed E-state index contributed by atoms with van der Waals surface area (Å²) in [4.78, 5) is 50.0. The molecule has 0 bridgehead atoms. The number of fused-ring (bicyclic) bond motifs is 6. The van der Waals surface area contributed by atoms with E-state index < -0.39 is 23.4 Å². The Hall–Kier alpha value is -5.04. The van der Waals surface area contributed by atoms with Crippen molar-refractivity contribution in [2.24, 2.45) is 5.92 Å². The minimum Gasteiger partial charge on any atom is -0.497 e. The van der Waals surface area contributed by atoms with Crippen LogP contribution in [-0.4, -0.2) is 41.7 Å². The number of ether oxygens (including phenoxy) is 1. The maximum Gasteiger partial charge on any atom is 0.238 e. The molecule has 41 heavy (non-hydrogen) atoms. The number of carbonyl (C=O) groups excluding carboxylic acids is 3. The van der Waals surface area contributed by atoms with E-state index in [1.807, 2.05) is 60.4 Å². The van der Waals surface area contributed by atoms with E-state index >= 15 is 0 Å². The molecule has 0 aliphatic carbocycles. The van der Waals surface area contributed by atoms with E-state index in [1.54, 1.807) is 55.9 Å². The van der Waals surface area contributed by atoms with Crippen LogP contribution in [-0.2, 0) is 10.2 Å². The van der Waals surface area contributed by atoms with E-state index in [9.17, 15) is 14.4 Å². The van der Waals surface area contributed by atoms with Gasteiger partial charge in [0.2, 0.25) is 5.91 Å². The second kappa shape index (κ2) is 9.27. The van der Waals surface area contributed by atoms with Crippen molar-refractivity contribution in [3.8, 4) is 5.75 Å². The number of nitrogens with zero attached hydrogens (tertiary/aromatic N) is 2. The lowest BCUT2D eigenvalue weighted by Gasteiger charge is -2.39. The van der Waals surface area contributed by atoms with Crippen LogP contribution in [0, 0.1) is 5.92 Å². The summed E-state index contributed by atoms with van der Waals surface area (Å²) in [7, 11) is 1.55. The van der Waals surface area contributed by atoms with Crippen LogP contribution in [0.5, 0.6) is 5.75 Å². The maximum atomic E-state index is 14.8. The molecule has 0 saturated carbocycles. The minimum atomic E-state index is -1.36. The number of benzene rings is 3. The summed E-state index contributed by atoms with van der Waals surface area (Å²) in [5, 5.41) is 3.07. The average molecular weight is 542 g/mol. The van der Waals surface area contributed by atoms with Gasteiger partial charge in [-0.1, -0.05) is 54.6 Å². The number of para-hydroxylation sites is 2. The predicted octanol–water partition coefficient (Wildman–Crippen LogP) is 5.34. The Balaban J connectivity index is 1.55. The lowest BCUT2D eigenvalue weighted by atomic mass is 9.64. The number of hydrogen-bond acceptors (Lipinski definition) is 6. The number of pyridine rings is 1. The Morgan fingerprint density at radius 2 is 1.66 bits per heavy atom. The van der Waals surface area contributed by atoms with Crippen LogP contribution in [0.1, 0.15) is 38.8 Å². The predicted molar refractivity (Wildman–Crippen MR) is 156 cm³/mol. The molecule has 7 nitrogen and oxygen atoms in total. The Morgan fingerprint density at radius 3 is 2.46 bits per heavy atom. The minimum absolute atomic E-state index is 0.252. The standard InChI is InChI=1S/C34H27N3O4/c1-20-18-28-34(25-11-4-5-12-26(25)36-33(34)40)29(31(38)21-14-16-35-17-15-21)30(37(28)27-13-6-3-10-24(20)27)32(39)22-8-7-9-23(19-22)41-2/h3-19,28-30H,1-2H3,(H,36,40). The normalized spacial score (nSPS) is 23.8. The van der Waals surface area contributed by atoms with E-state index in [2.05, 4.69) is 16.4 Å². The molecule has 7 rings (SSSR count). The van der Waals surface area contributed by atoms with E-state index in [1.165, 1.54) is 0 Å². The van der Waals surface area contributed by atoms with Crippen LogP contribution < -0.4 is 15.0 Å². The Labute approximate surface area is 237 Å². The average Bonchev–Trinajstić information content (AvgIpc) is 3.49. The van der Waals surface area contributed by atoms with Crippen molar-refractivity contribution in [2.45, 2.75) is 24.4 Å². The number of methoxy groups -OCH3 is 1.